The molecule has 0 unspecified atom stereocenters. The lowest BCUT2D eigenvalue weighted by molar-refractivity contribution is 0.197. The van der Waals surface area contributed by atoms with E-state index in [1.807, 2.05) is 4.52 Å². The summed E-state index contributed by atoms with van der Waals surface area (Å²) >= 11 is 0. The average Bonchev–Trinajstić information content (AvgIpc) is 2.90. The van der Waals surface area contributed by atoms with Crippen LogP contribution < -0.4 is 5.32 Å². The van der Waals surface area contributed by atoms with Crippen molar-refractivity contribution in [2.45, 2.75) is 32.1 Å². The minimum Gasteiger partial charge on any atom is -0.385 e. The summed E-state index contributed by atoms with van der Waals surface area (Å²) in [5, 5.41) is 7.75. The fourth-order valence-corrected chi connectivity index (χ4v) is 2.59. The molecule has 0 aliphatic heterocycles. The maximum absolute atomic E-state index is 5.08. The van der Waals surface area contributed by atoms with Gasteiger partial charge in [0.1, 0.15) is 12.1 Å². The lowest BCUT2D eigenvalue weighted by atomic mass is 9.96. The number of aryl methyl sites for hydroxylation is 1. The van der Waals surface area contributed by atoms with Crippen LogP contribution in [-0.4, -0.2) is 39.8 Å². The van der Waals surface area contributed by atoms with Gasteiger partial charge in [-0.2, -0.15) is 14.6 Å². The van der Waals surface area contributed by atoms with Crippen LogP contribution in [0.25, 0.3) is 5.78 Å². The highest BCUT2D eigenvalue weighted by atomic mass is 16.5. The van der Waals surface area contributed by atoms with Crippen molar-refractivity contribution >= 4 is 11.6 Å². The van der Waals surface area contributed by atoms with E-state index in [4.69, 9.17) is 4.74 Å². The normalized spacial score (nSPS) is 14.6. The highest BCUT2D eigenvalue weighted by Gasteiger charge is 2.19. The number of rotatable bonds is 5. The molecule has 102 valence electrons. The zero-order valence-electron chi connectivity index (χ0n) is 11.2. The molecule has 6 nitrogen and oxygen atoms in total. The van der Waals surface area contributed by atoms with E-state index in [0.717, 1.165) is 38.2 Å². The number of anilines is 1. The van der Waals surface area contributed by atoms with Crippen LogP contribution in [-0.2, 0) is 17.6 Å². The van der Waals surface area contributed by atoms with E-state index in [-0.39, 0.29) is 0 Å². The molecule has 1 aliphatic carbocycles. The molecule has 2 aromatic rings. The van der Waals surface area contributed by atoms with Gasteiger partial charge in [-0.15, -0.1) is 0 Å². The van der Waals surface area contributed by atoms with E-state index in [9.17, 15) is 0 Å². The van der Waals surface area contributed by atoms with Gasteiger partial charge < -0.3 is 10.1 Å². The number of nitrogens with one attached hydrogen (secondary N) is 1. The van der Waals surface area contributed by atoms with Gasteiger partial charge in [0.15, 0.2) is 0 Å². The first-order valence-electron chi connectivity index (χ1n) is 6.84. The molecular weight excluding hydrogens is 242 g/mol. The van der Waals surface area contributed by atoms with Crippen LogP contribution >= 0.6 is 0 Å². The summed E-state index contributed by atoms with van der Waals surface area (Å²) < 4.78 is 6.89. The molecule has 0 amide bonds. The summed E-state index contributed by atoms with van der Waals surface area (Å²) in [6, 6.07) is 0. The number of hydrogen-bond donors (Lipinski definition) is 1. The molecule has 0 saturated carbocycles. The monoisotopic (exact) mass is 261 g/mol. The predicted molar refractivity (Wildman–Crippen MR) is 72.4 cm³/mol. The van der Waals surface area contributed by atoms with Gasteiger partial charge in [-0.3, -0.25) is 0 Å². The number of aromatic nitrogens is 4. The molecule has 0 spiro atoms. The standard InChI is InChI=1S/C13H19N5O/c1-19-8-4-7-14-12-10-5-2-3-6-11(10)17-13-15-9-16-18(12)13/h9,14H,2-8H2,1H3. The van der Waals surface area contributed by atoms with Gasteiger partial charge in [0.05, 0.1) is 5.69 Å². The van der Waals surface area contributed by atoms with Gasteiger partial charge in [0, 0.05) is 25.8 Å². The molecule has 0 aromatic carbocycles. The third kappa shape index (κ3) is 2.40. The van der Waals surface area contributed by atoms with Crippen molar-refractivity contribution in [3.05, 3.63) is 17.6 Å². The Hall–Kier alpha value is -1.69. The van der Waals surface area contributed by atoms with E-state index >= 15 is 0 Å². The number of ether oxygens (including phenoxy) is 1. The predicted octanol–water partition coefficient (Wildman–Crippen LogP) is 1.45. The van der Waals surface area contributed by atoms with Crippen molar-refractivity contribution in [1.82, 2.24) is 19.6 Å². The molecule has 0 bridgehead atoms. The van der Waals surface area contributed by atoms with Gasteiger partial charge in [-0.25, -0.2) is 4.98 Å². The van der Waals surface area contributed by atoms with Gasteiger partial charge in [-0.1, -0.05) is 0 Å². The summed E-state index contributed by atoms with van der Waals surface area (Å²) in [5.74, 6) is 1.75. The summed E-state index contributed by atoms with van der Waals surface area (Å²) in [6.07, 6.45) is 7.10. The number of methoxy groups -OCH3 is 1. The third-order valence-corrected chi connectivity index (χ3v) is 3.52. The first-order valence-corrected chi connectivity index (χ1v) is 6.84. The van der Waals surface area contributed by atoms with E-state index in [1.165, 1.54) is 24.1 Å². The summed E-state index contributed by atoms with van der Waals surface area (Å²) in [6.45, 7) is 1.64. The molecular formula is C13H19N5O. The number of nitrogens with zero attached hydrogens (tertiary/aromatic N) is 4. The minimum atomic E-state index is 0.690. The maximum Gasteiger partial charge on any atom is 0.254 e. The van der Waals surface area contributed by atoms with Crippen molar-refractivity contribution in [1.29, 1.82) is 0 Å². The Morgan fingerprint density at radius 3 is 3.16 bits per heavy atom. The molecule has 2 heterocycles. The van der Waals surface area contributed by atoms with Crippen LogP contribution in [0.3, 0.4) is 0 Å². The van der Waals surface area contributed by atoms with Crippen LogP contribution in [0, 0.1) is 0 Å². The van der Waals surface area contributed by atoms with Crippen LogP contribution in [0.1, 0.15) is 30.5 Å². The summed E-state index contributed by atoms with van der Waals surface area (Å²) in [7, 11) is 1.73. The largest absolute Gasteiger partial charge is 0.385 e. The topological polar surface area (TPSA) is 64.3 Å². The third-order valence-electron chi connectivity index (χ3n) is 3.52. The Labute approximate surface area is 112 Å². The number of fused-ring (bicyclic) bond motifs is 2. The molecule has 1 aliphatic rings. The fraction of sp³-hybridized carbons (Fsp3) is 0.615. The van der Waals surface area contributed by atoms with E-state index in [2.05, 4.69) is 20.4 Å². The van der Waals surface area contributed by atoms with Gasteiger partial charge >= 0.3 is 0 Å². The smallest absolute Gasteiger partial charge is 0.254 e. The Morgan fingerprint density at radius 1 is 1.37 bits per heavy atom. The molecule has 6 heteroatoms. The fourth-order valence-electron chi connectivity index (χ4n) is 2.59. The summed E-state index contributed by atoms with van der Waals surface area (Å²) in [5.41, 5.74) is 2.49. The Bertz CT molecular complexity index is 565. The van der Waals surface area contributed by atoms with E-state index < -0.39 is 0 Å². The highest BCUT2D eigenvalue weighted by molar-refractivity contribution is 5.53. The van der Waals surface area contributed by atoms with Crippen molar-refractivity contribution in [2.75, 3.05) is 25.6 Å². The molecule has 3 rings (SSSR count). The van der Waals surface area contributed by atoms with Crippen molar-refractivity contribution in [3.8, 4) is 0 Å². The van der Waals surface area contributed by atoms with E-state index in [1.54, 1.807) is 13.4 Å². The van der Waals surface area contributed by atoms with Gasteiger partial charge in [0.2, 0.25) is 0 Å². The lowest BCUT2D eigenvalue weighted by Crippen LogP contribution is -2.16. The van der Waals surface area contributed by atoms with E-state index in [0.29, 0.717) is 5.78 Å². The zero-order valence-corrected chi connectivity index (χ0v) is 11.2. The molecule has 0 atom stereocenters. The quantitative estimate of drug-likeness (QED) is 0.825. The Kier molecular flexibility index (Phi) is 3.59. The molecule has 1 N–H and O–H groups in total. The first-order chi connectivity index (χ1) is 9.40. The Balaban J connectivity index is 1.92. The van der Waals surface area contributed by atoms with Crippen molar-refractivity contribution in [3.63, 3.8) is 0 Å². The van der Waals surface area contributed by atoms with Crippen molar-refractivity contribution < 1.29 is 4.74 Å². The highest BCUT2D eigenvalue weighted by Crippen LogP contribution is 2.26. The Morgan fingerprint density at radius 2 is 2.26 bits per heavy atom. The molecule has 0 radical (unpaired) electrons. The molecule has 2 aromatic heterocycles. The van der Waals surface area contributed by atoms with Crippen LogP contribution in [0.5, 0.6) is 0 Å². The zero-order chi connectivity index (χ0) is 13.1. The van der Waals surface area contributed by atoms with Crippen LogP contribution in [0.15, 0.2) is 6.33 Å². The first kappa shape index (κ1) is 12.3. The average molecular weight is 261 g/mol. The molecule has 19 heavy (non-hydrogen) atoms. The maximum atomic E-state index is 5.08. The van der Waals surface area contributed by atoms with Crippen LogP contribution in [0.4, 0.5) is 5.82 Å². The second-order valence-electron chi connectivity index (χ2n) is 4.84. The lowest BCUT2D eigenvalue weighted by Gasteiger charge is -2.19. The second-order valence-corrected chi connectivity index (χ2v) is 4.84. The van der Waals surface area contributed by atoms with Crippen molar-refractivity contribution in [2.24, 2.45) is 0 Å². The molecule has 0 fully saturated rings. The summed E-state index contributed by atoms with van der Waals surface area (Å²) in [4.78, 5) is 8.81. The minimum absolute atomic E-state index is 0.690. The van der Waals surface area contributed by atoms with Gasteiger partial charge in [0.25, 0.3) is 5.78 Å². The van der Waals surface area contributed by atoms with Gasteiger partial charge in [-0.05, 0) is 32.1 Å². The SMILES string of the molecule is COCCCNc1c2c(nc3ncnn13)CCCC2. The van der Waals surface area contributed by atoms with Crippen LogP contribution in [0.2, 0.25) is 0 Å². The number of hydrogen-bond acceptors (Lipinski definition) is 5. The molecule has 0 saturated heterocycles. The second kappa shape index (κ2) is 5.52.